The Morgan fingerprint density at radius 1 is 1.22 bits per heavy atom. The molecule has 2 aliphatic heterocycles. The minimum atomic E-state index is -4.48. The number of benzene rings is 1. The summed E-state index contributed by atoms with van der Waals surface area (Å²) in [6, 6.07) is 3.15. The van der Waals surface area contributed by atoms with Crippen LogP contribution in [0.5, 0.6) is 0 Å². The molecule has 2 aliphatic rings. The Kier molecular flexibility index (Phi) is 6.80. The van der Waals surface area contributed by atoms with Crippen molar-refractivity contribution in [3.63, 3.8) is 0 Å². The van der Waals surface area contributed by atoms with E-state index in [2.05, 4.69) is 10.6 Å². The van der Waals surface area contributed by atoms with Crippen LogP contribution in [-0.4, -0.2) is 53.8 Å². The van der Waals surface area contributed by atoms with Crippen LogP contribution in [0, 0.1) is 5.92 Å². The van der Waals surface area contributed by atoms with Gasteiger partial charge in [0.1, 0.15) is 0 Å². The molecule has 0 fully saturated rings. The Morgan fingerprint density at radius 3 is 2.44 bits per heavy atom. The van der Waals surface area contributed by atoms with Gasteiger partial charge in [-0.25, -0.2) is 4.79 Å². The molecule has 1 aromatic carbocycles. The standard InChI is InChI=1S/C22H27F3N4O3/c1-4-29-16-12-28(10-9-17(30)26-11-13(2)3)20(31)18(16)19(27-21(29)32)14-5-7-15(8-6-14)22(23,24)25/h5-8,13,19H,4,9-12H2,1-3H3,(H,26,30)(H,27,32)/t19-/m0/s1. The zero-order chi connectivity index (χ0) is 23.6. The van der Waals surface area contributed by atoms with E-state index < -0.39 is 23.8 Å². The van der Waals surface area contributed by atoms with Crippen molar-refractivity contribution in [3.8, 4) is 0 Å². The molecule has 2 heterocycles. The molecule has 0 aliphatic carbocycles. The van der Waals surface area contributed by atoms with E-state index in [1.165, 1.54) is 21.9 Å². The molecule has 174 valence electrons. The first-order chi connectivity index (χ1) is 15.0. The zero-order valence-corrected chi connectivity index (χ0v) is 18.3. The molecular weight excluding hydrogens is 425 g/mol. The van der Waals surface area contributed by atoms with E-state index in [0.717, 1.165) is 12.1 Å². The SMILES string of the molecule is CCN1C(=O)N[C@@H](c2ccc(C(F)(F)F)cc2)C2=C1CN(CCC(=O)NCC(C)C)C2=O. The van der Waals surface area contributed by atoms with Gasteiger partial charge in [-0.2, -0.15) is 13.2 Å². The van der Waals surface area contributed by atoms with Crippen LogP contribution in [-0.2, 0) is 15.8 Å². The molecule has 0 spiro atoms. The summed E-state index contributed by atoms with van der Waals surface area (Å²) in [5.74, 6) is -0.196. The highest BCUT2D eigenvalue weighted by atomic mass is 19.4. The third kappa shape index (κ3) is 4.89. The Morgan fingerprint density at radius 2 is 1.88 bits per heavy atom. The van der Waals surface area contributed by atoms with E-state index in [-0.39, 0.29) is 31.3 Å². The van der Waals surface area contributed by atoms with Gasteiger partial charge in [-0.15, -0.1) is 0 Å². The first kappa shape index (κ1) is 23.6. The molecule has 0 saturated carbocycles. The van der Waals surface area contributed by atoms with Crippen molar-refractivity contribution in [1.82, 2.24) is 20.4 Å². The Balaban J connectivity index is 1.81. The van der Waals surface area contributed by atoms with Gasteiger partial charge in [0, 0.05) is 26.1 Å². The second-order valence-electron chi connectivity index (χ2n) is 8.28. The normalized spacial score (nSPS) is 18.9. The second kappa shape index (κ2) is 9.22. The Bertz CT molecular complexity index is 925. The average molecular weight is 452 g/mol. The number of urea groups is 1. The fraction of sp³-hybridized carbons (Fsp3) is 0.500. The average Bonchev–Trinajstić information content (AvgIpc) is 3.05. The van der Waals surface area contributed by atoms with Crippen molar-refractivity contribution in [1.29, 1.82) is 0 Å². The summed E-state index contributed by atoms with van der Waals surface area (Å²) < 4.78 is 38.8. The summed E-state index contributed by atoms with van der Waals surface area (Å²) in [7, 11) is 0. The molecule has 10 heteroatoms. The Hall–Kier alpha value is -3.04. The van der Waals surface area contributed by atoms with Crippen LogP contribution in [0.3, 0.4) is 0 Å². The lowest BCUT2D eigenvalue weighted by atomic mass is 9.94. The lowest BCUT2D eigenvalue weighted by Crippen LogP contribution is -2.47. The number of rotatable bonds is 7. The quantitative estimate of drug-likeness (QED) is 0.667. The maximum atomic E-state index is 13.2. The van der Waals surface area contributed by atoms with E-state index in [0.29, 0.717) is 35.8 Å². The van der Waals surface area contributed by atoms with Gasteiger partial charge in [-0.3, -0.25) is 14.5 Å². The molecule has 1 atom stereocenters. The minimum Gasteiger partial charge on any atom is -0.356 e. The number of nitrogens with one attached hydrogen (secondary N) is 2. The molecule has 0 saturated heterocycles. The molecule has 2 N–H and O–H groups in total. The molecular formula is C22H27F3N4O3. The number of carbonyl (C=O) groups excluding carboxylic acids is 3. The van der Waals surface area contributed by atoms with E-state index in [9.17, 15) is 27.6 Å². The summed E-state index contributed by atoms with van der Waals surface area (Å²) in [5.41, 5.74) is 0.432. The van der Waals surface area contributed by atoms with Gasteiger partial charge in [0.2, 0.25) is 5.91 Å². The number of carbonyl (C=O) groups is 3. The predicted molar refractivity (Wildman–Crippen MR) is 111 cm³/mol. The van der Waals surface area contributed by atoms with E-state index >= 15 is 0 Å². The van der Waals surface area contributed by atoms with Crippen LogP contribution in [0.15, 0.2) is 35.5 Å². The van der Waals surface area contributed by atoms with Crippen LogP contribution in [0.25, 0.3) is 0 Å². The van der Waals surface area contributed by atoms with E-state index in [1.54, 1.807) is 6.92 Å². The van der Waals surface area contributed by atoms with Crippen LogP contribution in [0.4, 0.5) is 18.0 Å². The maximum Gasteiger partial charge on any atom is 0.416 e. The number of hydrogen-bond donors (Lipinski definition) is 2. The van der Waals surface area contributed by atoms with Gasteiger partial charge in [0.05, 0.1) is 29.4 Å². The van der Waals surface area contributed by atoms with Crippen molar-refractivity contribution in [2.45, 2.75) is 39.4 Å². The van der Waals surface area contributed by atoms with Crippen LogP contribution in [0.1, 0.15) is 44.4 Å². The monoisotopic (exact) mass is 452 g/mol. The van der Waals surface area contributed by atoms with E-state index in [4.69, 9.17) is 0 Å². The van der Waals surface area contributed by atoms with Gasteiger partial charge < -0.3 is 15.5 Å². The number of alkyl halides is 3. The first-order valence-electron chi connectivity index (χ1n) is 10.6. The third-order valence-electron chi connectivity index (χ3n) is 5.50. The molecule has 3 rings (SSSR count). The molecule has 4 amide bonds. The molecule has 0 unspecified atom stereocenters. The molecule has 7 nitrogen and oxygen atoms in total. The lowest BCUT2D eigenvalue weighted by Gasteiger charge is -2.33. The molecule has 0 radical (unpaired) electrons. The summed E-state index contributed by atoms with van der Waals surface area (Å²) in [4.78, 5) is 40.8. The zero-order valence-electron chi connectivity index (χ0n) is 18.3. The highest BCUT2D eigenvalue weighted by Gasteiger charge is 2.43. The topological polar surface area (TPSA) is 81.8 Å². The summed E-state index contributed by atoms with van der Waals surface area (Å²) >= 11 is 0. The van der Waals surface area contributed by atoms with Crippen molar-refractivity contribution < 1.29 is 27.6 Å². The van der Waals surface area contributed by atoms with Gasteiger partial charge >= 0.3 is 12.2 Å². The summed E-state index contributed by atoms with van der Waals surface area (Å²) in [6.45, 7) is 6.96. The van der Waals surface area contributed by atoms with Crippen molar-refractivity contribution in [2.24, 2.45) is 5.92 Å². The number of halogens is 3. The van der Waals surface area contributed by atoms with Crippen LogP contribution >= 0.6 is 0 Å². The van der Waals surface area contributed by atoms with Gasteiger partial charge in [0.15, 0.2) is 0 Å². The third-order valence-corrected chi connectivity index (χ3v) is 5.50. The van der Waals surface area contributed by atoms with Crippen molar-refractivity contribution >= 4 is 17.8 Å². The second-order valence-corrected chi connectivity index (χ2v) is 8.28. The van der Waals surface area contributed by atoms with Crippen LogP contribution in [0.2, 0.25) is 0 Å². The molecule has 1 aromatic rings. The number of likely N-dealkylation sites (N-methyl/N-ethyl adjacent to an activating group) is 1. The largest absolute Gasteiger partial charge is 0.416 e. The highest BCUT2D eigenvalue weighted by Crippen LogP contribution is 2.37. The maximum absolute atomic E-state index is 13.2. The first-order valence-corrected chi connectivity index (χ1v) is 10.6. The van der Waals surface area contributed by atoms with E-state index in [1.807, 2.05) is 13.8 Å². The number of nitrogens with zero attached hydrogens (tertiary/aromatic N) is 2. The fourth-order valence-corrected chi connectivity index (χ4v) is 3.82. The van der Waals surface area contributed by atoms with Gasteiger partial charge in [-0.1, -0.05) is 26.0 Å². The van der Waals surface area contributed by atoms with Gasteiger partial charge in [0.25, 0.3) is 5.91 Å². The molecule has 32 heavy (non-hydrogen) atoms. The predicted octanol–water partition coefficient (Wildman–Crippen LogP) is 3.05. The van der Waals surface area contributed by atoms with Crippen LogP contribution < -0.4 is 10.6 Å². The summed E-state index contributed by atoms with van der Waals surface area (Å²) in [5, 5.41) is 5.54. The molecule has 0 aromatic heterocycles. The van der Waals surface area contributed by atoms with Crippen molar-refractivity contribution in [2.75, 3.05) is 26.2 Å². The van der Waals surface area contributed by atoms with Crippen molar-refractivity contribution in [3.05, 3.63) is 46.7 Å². The fourth-order valence-electron chi connectivity index (χ4n) is 3.82. The number of amides is 4. The summed E-state index contributed by atoms with van der Waals surface area (Å²) in [6.07, 6.45) is -4.36. The number of hydrogen-bond acceptors (Lipinski definition) is 3. The lowest BCUT2D eigenvalue weighted by molar-refractivity contribution is -0.137. The molecule has 0 bridgehead atoms. The minimum absolute atomic E-state index is 0.122. The van der Waals surface area contributed by atoms with Gasteiger partial charge in [-0.05, 0) is 30.5 Å². The Labute approximate surface area is 184 Å². The smallest absolute Gasteiger partial charge is 0.356 e. The highest BCUT2D eigenvalue weighted by molar-refractivity contribution is 6.01.